The third-order valence-corrected chi connectivity index (χ3v) is 2.31. The molecule has 0 fully saturated rings. The van der Waals surface area contributed by atoms with E-state index in [0.717, 1.165) is 11.3 Å². The fourth-order valence-corrected chi connectivity index (χ4v) is 1.43. The van der Waals surface area contributed by atoms with Crippen LogP contribution in [0, 0.1) is 12.7 Å². The van der Waals surface area contributed by atoms with Gasteiger partial charge < -0.3 is 11.1 Å². The number of benzene rings is 1. The van der Waals surface area contributed by atoms with Crippen molar-refractivity contribution in [2.45, 2.75) is 13.3 Å². The lowest BCUT2D eigenvalue weighted by atomic mass is 10.2. The summed E-state index contributed by atoms with van der Waals surface area (Å²) >= 11 is 5.64. The number of hydrogen-bond donors (Lipinski definition) is 2. The summed E-state index contributed by atoms with van der Waals surface area (Å²) in [7, 11) is 0. The predicted octanol–water partition coefficient (Wildman–Crippen LogP) is 3.06. The molecule has 0 saturated heterocycles. The van der Waals surface area contributed by atoms with Crippen molar-refractivity contribution in [2.75, 3.05) is 11.9 Å². The van der Waals surface area contributed by atoms with Crippen molar-refractivity contribution < 1.29 is 4.39 Å². The van der Waals surface area contributed by atoms with Crippen molar-refractivity contribution >= 4 is 17.3 Å². The van der Waals surface area contributed by atoms with Gasteiger partial charge in [-0.1, -0.05) is 18.2 Å². The fraction of sp³-hybridized carbons (Fsp3) is 0.273. The molecule has 0 spiro atoms. The van der Waals surface area contributed by atoms with Crippen molar-refractivity contribution in [2.24, 2.45) is 5.73 Å². The van der Waals surface area contributed by atoms with Gasteiger partial charge in [-0.2, -0.15) is 0 Å². The topological polar surface area (TPSA) is 38.0 Å². The second kappa shape index (κ2) is 5.14. The van der Waals surface area contributed by atoms with Crippen LogP contribution in [0.1, 0.15) is 12.0 Å². The molecule has 1 rings (SSSR count). The van der Waals surface area contributed by atoms with Gasteiger partial charge in [-0.25, -0.2) is 4.39 Å². The molecule has 0 unspecified atom stereocenters. The first kappa shape index (κ1) is 12.0. The average molecular weight is 229 g/mol. The molecule has 0 aromatic heterocycles. The zero-order valence-electron chi connectivity index (χ0n) is 8.61. The number of halogens is 2. The maximum absolute atomic E-state index is 13.2. The monoisotopic (exact) mass is 228 g/mol. The molecule has 0 heterocycles. The van der Waals surface area contributed by atoms with Gasteiger partial charge in [0.2, 0.25) is 0 Å². The molecule has 82 valence electrons. The van der Waals surface area contributed by atoms with E-state index in [1.165, 1.54) is 6.07 Å². The maximum Gasteiger partial charge on any atom is 0.143 e. The van der Waals surface area contributed by atoms with Crippen LogP contribution >= 0.6 is 11.6 Å². The number of hydrogen-bond acceptors (Lipinski definition) is 2. The van der Waals surface area contributed by atoms with Gasteiger partial charge in [0.15, 0.2) is 0 Å². The largest absolute Gasteiger partial charge is 0.359 e. The molecule has 15 heavy (non-hydrogen) atoms. The van der Waals surface area contributed by atoms with Crippen LogP contribution in [0.3, 0.4) is 0 Å². The van der Waals surface area contributed by atoms with E-state index in [2.05, 4.69) is 11.9 Å². The molecule has 0 aliphatic carbocycles. The van der Waals surface area contributed by atoms with Gasteiger partial charge >= 0.3 is 0 Å². The number of aryl methyl sites for hydroxylation is 1. The first-order chi connectivity index (χ1) is 7.04. The molecular weight excluding hydrogens is 215 g/mol. The molecule has 1 aromatic rings. The van der Waals surface area contributed by atoms with Gasteiger partial charge in [-0.3, -0.25) is 0 Å². The lowest BCUT2D eigenvalue weighted by molar-refractivity contribution is 0.628. The Morgan fingerprint density at radius 3 is 2.87 bits per heavy atom. The summed E-state index contributed by atoms with van der Waals surface area (Å²) in [6.45, 7) is 6.15. The molecule has 0 aliphatic heterocycles. The van der Waals surface area contributed by atoms with E-state index in [4.69, 9.17) is 17.3 Å². The van der Waals surface area contributed by atoms with E-state index in [9.17, 15) is 4.39 Å². The summed E-state index contributed by atoms with van der Waals surface area (Å²) in [5.74, 6) is -0.440. The summed E-state index contributed by atoms with van der Waals surface area (Å²) in [6, 6.07) is 2.94. The van der Waals surface area contributed by atoms with Crippen LogP contribution in [-0.2, 0) is 0 Å². The minimum atomic E-state index is -0.440. The second-order valence-corrected chi connectivity index (χ2v) is 3.76. The predicted molar refractivity (Wildman–Crippen MR) is 62.6 cm³/mol. The molecule has 0 atom stereocenters. The van der Waals surface area contributed by atoms with Crippen molar-refractivity contribution in [1.82, 2.24) is 0 Å². The van der Waals surface area contributed by atoms with Gasteiger partial charge in [0.25, 0.3) is 0 Å². The Kier molecular flexibility index (Phi) is 4.12. The fourth-order valence-electron chi connectivity index (χ4n) is 1.21. The van der Waals surface area contributed by atoms with Crippen LogP contribution in [0.25, 0.3) is 0 Å². The van der Waals surface area contributed by atoms with Gasteiger partial charge in [0.05, 0.1) is 5.02 Å². The number of anilines is 1. The normalized spacial score (nSPS) is 10.1. The lowest BCUT2D eigenvalue weighted by Crippen LogP contribution is -2.06. The molecule has 0 aliphatic rings. The Morgan fingerprint density at radius 1 is 1.60 bits per heavy atom. The summed E-state index contributed by atoms with van der Waals surface area (Å²) in [4.78, 5) is 0. The highest BCUT2D eigenvalue weighted by Crippen LogP contribution is 2.24. The summed E-state index contributed by atoms with van der Waals surface area (Å²) < 4.78 is 13.2. The van der Waals surface area contributed by atoms with Crippen LogP contribution < -0.4 is 11.1 Å². The van der Waals surface area contributed by atoms with Crippen LogP contribution in [-0.4, -0.2) is 6.54 Å². The average Bonchev–Trinajstić information content (AvgIpc) is 2.14. The van der Waals surface area contributed by atoms with Gasteiger partial charge in [-0.15, -0.1) is 0 Å². The minimum Gasteiger partial charge on any atom is -0.359 e. The Balaban J connectivity index is 2.86. The molecule has 3 N–H and O–H groups in total. The highest BCUT2D eigenvalue weighted by Gasteiger charge is 2.05. The molecule has 0 saturated carbocycles. The first-order valence-electron chi connectivity index (χ1n) is 4.65. The minimum absolute atomic E-state index is 0.127. The molecule has 0 amide bonds. The summed E-state index contributed by atoms with van der Waals surface area (Å²) in [6.07, 6.45) is 0.656. The van der Waals surface area contributed by atoms with Crippen molar-refractivity contribution in [3.8, 4) is 0 Å². The number of rotatable bonds is 4. The maximum atomic E-state index is 13.2. The number of nitrogens with one attached hydrogen (secondary N) is 1. The highest BCUT2D eigenvalue weighted by atomic mass is 35.5. The first-order valence-corrected chi connectivity index (χ1v) is 5.03. The van der Waals surface area contributed by atoms with Crippen molar-refractivity contribution in [3.05, 3.63) is 40.8 Å². The zero-order chi connectivity index (χ0) is 11.4. The Morgan fingerprint density at radius 2 is 2.27 bits per heavy atom. The van der Waals surface area contributed by atoms with Crippen LogP contribution in [0.4, 0.5) is 10.1 Å². The van der Waals surface area contributed by atoms with Crippen molar-refractivity contribution in [1.29, 1.82) is 0 Å². The Labute approximate surface area is 93.9 Å². The third kappa shape index (κ3) is 3.22. The lowest BCUT2D eigenvalue weighted by Gasteiger charge is -2.12. The highest BCUT2D eigenvalue weighted by molar-refractivity contribution is 6.30. The molecule has 4 heteroatoms. The van der Waals surface area contributed by atoms with E-state index in [0.29, 0.717) is 18.7 Å². The summed E-state index contributed by atoms with van der Waals surface area (Å²) in [5.41, 5.74) is 7.70. The van der Waals surface area contributed by atoms with Gasteiger partial charge in [0, 0.05) is 11.4 Å². The Hall–Kier alpha value is -1.06. The molecule has 2 nitrogen and oxygen atoms in total. The standard InChI is InChI=1S/C11H14ClFN2/c1-7-5-9(12)10(13)6-11(7)15-8(2)3-4-14/h5-6,15H,2-4,14H2,1H3. The molecular formula is C11H14ClFN2. The van der Waals surface area contributed by atoms with Gasteiger partial charge in [-0.05, 0) is 37.6 Å². The second-order valence-electron chi connectivity index (χ2n) is 3.35. The third-order valence-electron chi connectivity index (χ3n) is 2.02. The zero-order valence-corrected chi connectivity index (χ0v) is 9.37. The quantitative estimate of drug-likeness (QED) is 0.831. The van der Waals surface area contributed by atoms with E-state index >= 15 is 0 Å². The van der Waals surface area contributed by atoms with E-state index < -0.39 is 5.82 Å². The number of nitrogens with two attached hydrogens (primary N) is 1. The Bertz CT molecular complexity index is 377. The smallest absolute Gasteiger partial charge is 0.143 e. The van der Waals surface area contributed by atoms with E-state index in [-0.39, 0.29) is 5.02 Å². The summed E-state index contributed by atoms with van der Waals surface area (Å²) in [5, 5.41) is 3.13. The van der Waals surface area contributed by atoms with Crippen LogP contribution in [0.15, 0.2) is 24.4 Å². The SMILES string of the molecule is C=C(CCN)Nc1cc(F)c(Cl)cc1C. The van der Waals surface area contributed by atoms with E-state index in [1.54, 1.807) is 6.07 Å². The molecule has 1 aromatic carbocycles. The van der Waals surface area contributed by atoms with Crippen LogP contribution in [0.2, 0.25) is 5.02 Å². The molecule has 0 bridgehead atoms. The van der Waals surface area contributed by atoms with Gasteiger partial charge in [0.1, 0.15) is 5.82 Å². The van der Waals surface area contributed by atoms with E-state index in [1.807, 2.05) is 6.92 Å². The van der Waals surface area contributed by atoms with Crippen molar-refractivity contribution in [3.63, 3.8) is 0 Å². The molecule has 0 radical (unpaired) electrons. The van der Waals surface area contributed by atoms with Crippen LogP contribution in [0.5, 0.6) is 0 Å².